The molecule has 0 spiro atoms. The summed E-state index contributed by atoms with van der Waals surface area (Å²) in [6.45, 7) is 4.53. The van der Waals surface area contributed by atoms with Crippen LogP contribution in [0.15, 0.2) is 52.1 Å². The molecule has 0 aliphatic rings. The van der Waals surface area contributed by atoms with Crippen molar-refractivity contribution in [3.63, 3.8) is 0 Å². The summed E-state index contributed by atoms with van der Waals surface area (Å²) in [6.07, 6.45) is 3.17. The fourth-order valence-electron chi connectivity index (χ4n) is 2.39. The zero-order valence-electron chi connectivity index (χ0n) is 16.4. The summed E-state index contributed by atoms with van der Waals surface area (Å²) in [5.41, 5.74) is 0.839. The standard InChI is InChI=1S/C20H28N4O3.HI/c1-16-10-15-27-18(16)19(25)22-11-6-12-23-20(21-2)24-13-7-14-26-17-8-4-3-5-9-17;/h3-5,8-10,15H,6-7,11-14H2,1-2H3,(H,22,25)(H2,21,23,24);1H. The topological polar surface area (TPSA) is 87.9 Å². The molecular formula is C20H29IN4O3. The number of rotatable bonds is 10. The van der Waals surface area contributed by atoms with Crippen LogP contribution < -0.4 is 20.7 Å². The first kappa shape index (κ1) is 23.8. The van der Waals surface area contributed by atoms with Gasteiger partial charge in [0.25, 0.3) is 5.91 Å². The Morgan fingerprint density at radius 2 is 1.71 bits per heavy atom. The second-order valence-electron chi connectivity index (χ2n) is 5.98. The van der Waals surface area contributed by atoms with E-state index < -0.39 is 0 Å². The molecule has 1 aromatic heterocycles. The van der Waals surface area contributed by atoms with E-state index >= 15 is 0 Å². The van der Waals surface area contributed by atoms with E-state index in [-0.39, 0.29) is 29.9 Å². The maximum absolute atomic E-state index is 11.9. The highest BCUT2D eigenvalue weighted by Gasteiger charge is 2.11. The van der Waals surface area contributed by atoms with Gasteiger partial charge in [-0.1, -0.05) is 18.2 Å². The number of hydrogen-bond donors (Lipinski definition) is 3. The van der Waals surface area contributed by atoms with Crippen LogP contribution in [0.3, 0.4) is 0 Å². The van der Waals surface area contributed by atoms with Gasteiger partial charge in [0.2, 0.25) is 0 Å². The van der Waals surface area contributed by atoms with Crippen molar-refractivity contribution in [2.45, 2.75) is 19.8 Å². The van der Waals surface area contributed by atoms with Gasteiger partial charge in [-0.3, -0.25) is 9.79 Å². The van der Waals surface area contributed by atoms with Crippen molar-refractivity contribution in [1.82, 2.24) is 16.0 Å². The monoisotopic (exact) mass is 500 g/mol. The van der Waals surface area contributed by atoms with Crippen LogP contribution in [0.1, 0.15) is 29.0 Å². The third kappa shape index (κ3) is 8.64. The number of halogens is 1. The summed E-state index contributed by atoms with van der Waals surface area (Å²) in [5, 5.41) is 9.31. The lowest BCUT2D eigenvalue weighted by Crippen LogP contribution is -2.39. The minimum atomic E-state index is -0.182. The molecule has 2 rings (SSSR count). The van der Waals surface area contributed by atoms with E-state index in [0.29, 0.717) is 25.5 Å². The van der Waals surface area contributed by atoms with Crippen LogP contribution >= 0.6 is 24.0 Å². The van der Waals surface area contributed by atoms with Crippen molar-refractivity contribution in [1.29, 1.82) is 0 Å². The van der Waals surface area contributed by atoms with Crippen molar-refractivity contribution in [3.8, 4) is 5.75 Å². The van der Waals surface area contributed by atoms with E-state index in [2.05, 4.69) is 20.9 Å². The number of benzene rings is 1. The zero-order valence-corrected chi connectivity index (χ0v) is 18.7. The van der Waals surface area contributed by atoms with E-state index in [1.54, 1.807) is 13.1 Å². The summed E-state index contributed by atoms with van der Waals surface area (Å²) >= 11 is 0. The molecule has 0 saturated heterocycles. The van der Waals surface area contributed by atoms with Gasteiger partial charge in [-0.25, -0.2) is 0 Å². The SMILES string of the molecule is CN=C(NCCCNC(=O)c1occc1C)NCCCOc1ccccc1.I. The number of ether oxygens (including phenoxy) is 1. The second-order valence-corrected chi connectivity index (χ2v) is 5.98. The summed E-state index contributed by atoms with van der Waals surface area (Å²) < 4.78 is 10.8. The molecule has 28 heavy (non-hydrogen) atoms. The Morgan fingerprint density at radius 1 is 1.04 bits per heavy atom. The molecule has 0 fully saturated rings. The van der Waals surface area contributed by atoms with E-state index in [9.17, 15) is 4.79 Å². The number of para-hydroxylation sites is 1. The minimum absolute atomic E-state index is 0. The fraction of sp³-hybridized carbons (Fsp3) is 0.400. The molecule has 0 aliphatic heterocycles. The largest absolute Gasteiger partial charge is 0.494 e. The molecule has 1 heterocycles. The van der Waals surface area contributed by atoms with Crippen molar-refractivity contribution >= 4 is 35.8 Å². The highest BCUT2D eigenvalue weighted by atomic mass is 127. The Hall–Kier alpha value is -2.23. The predicted molar refractivity (Wildman–Crippen MR) is 122 cm³/mol. The second kappa shape index (κ2) is 13.9. The van der Waals surface area contributed by atoms with Gasteiger partial charge in [-0.05, 0) is 38.0 Å². The van der Waals surface area contributed by atoms with E-state index in [0.717, 1.165) is 36.7 Å². The Balaban J connectivity index is 0.00000392. The number of carbonyl (C=O) groups excluding carboxylic acids is 1. The number of nitrogens with zero attached hydrogens (tertiary/aromatic N) is 1. The minimum Gasteiger partial charge on any atom is -0.494 e. The average molecular weight is 500 g/mol. The molecule has 7 nitrogen and oxygen atoms in total. The van der Waals surface area contributed by atoms with Gasteiger partial charge in [0.15, 0.2) is 11.7 Å². The smallest absolute Gasteiger partial charge is 0.287 e. The Kier molecular flexibility index (Phi) is 11.8. The molecule has 0 radical (unpaired) electrons. The fourth-order valence-corrected chi connectivity index (χ4v) is 2.39. The Bertz CT molecular complexity index is 719. The number of aryl methyl sites for hydroxylation is 1. The number of hydrogen-bond acceptors (Lipinski definition) is 4. The molecule has 3 N–H and O–H groups in total. The highest BCUT2D eigenvalue weighted by Crippen LogP contribution is 2.08. The lowest BCUT2D eigenvalue weighted by Gasteiger charge is -2.12. The molecule has 0 unspecified atom stereocenters. The van der Waals surface area contributed by atoms with E-state index in [1.807, 2.05) is 37.3 Å². The maximum Gasteiger partial charge on any atom is 0.287 e. The van der Waals surface area contributed by atoms with Gasteiger partial charge in [0.05, 0.1) is 12.9 Å². The van der Waals surface area contributed by atoms with Crippen molar-refractivity contribution < 1.29 is 13.9 Å². The van der Waals surface area contributed by atoms with Crippen LogP contribution in [0.5, 0.6) is 5.75 Å². The quantitative estimate of drug-likeness (QED) is 0.202. The summed E-state index contributed by atoms with van der Waals surface area (Å²) in [4.78, 5) is 16.1. The summed E-state index contributed by atoms with van der Waals surface area (Å²) in [5.74, 6) is 1.81. The van der Waals surface area contributed by atoms with Gasteiger partial charge < -0.3 is 25.1 Å². The summed E-state index contributed by atoms with van der Waals surface area (Å²) in [6, 6.07) is 11.5. The van der Waals surface area contributed by atoms with Crippen LogP contribution in [0.4, 0.5) is 0 Å². The lowest BCUT2D eigenvalue weighted by atomic mass is 10.2. The predicted octanol–water partition coefficient (Wildman–Crippen LogP) is 2.96. The molecule has 8 heteroatoms. The molecule has 0 aliphatic carbocycles. The molecule has 0 saturated carbocycles. The van der Waals surface area contributed by atoms with Crippen LogP contribution in [-0.4, -0.2) is 45.2 Å². The van der Waals surface area contributed by atoms with E-state index in [1.165, 1.54) is 6.26 Å². The Labute approximate surface area is 183 Å². The number of amides is 1. The number of aliphatic imine (C=N–C) groups is 1. The van der Waals surface area contributed by atoms with Crippen LogP contribution in [0, 0.1) is 6.92 Å². The average Bonchev–Trinajstić information content (AvgIpc) is 3.12. The third-order valence-corrected chi connectivity index (χ3v) is 3.85. The first-order valence-electron chi connectivity index (χ1n) is 9.15. The first-order valence-corrected chi connectivity index (χ1v) is 9.15. The molecule has 1 amide bonds. The number of carbonyl (C=O) groups is 1. The van der Waals surface area contributed by atoms with E-state index in [4.69, 9.17) is 9.15 Å². The number of nitrogens with one attached hydrogen (secondary N) is 3. The molecule has 0 bridgehead atoms. The number of furan rings is 1. The van der Waals surface area contributed by atoms with Gasteiger partial charge in [-0.15, -0.1) is 24.0 Å². The van der Waals surface area contributed by atoms with Crippen LogP contribution in [0.25, 0.3) is 0 Å². The summed E-state index contributed by atoms with van der Waals surface area (Å²) in [7, 11) is 1.73. The molecule has 0 atom stereocenters. The van der Waals surface area contributed by atoms with Gasteiger partial charge in [0.1, 0.15) is 5.75 Å². The van der Waals surface area contributed by atoms with Crippen molar-refractivity contribution in [2.24, 2.45) is 4.99 Å². The van der Waals surface area contributed by atoms with Crippen LogP contribution in [-0.2, 0) is 0 Å². The molecule has 2 aromatic rings. The maximum atomic E-state index is 11.9. The first-order chi connectivity index (χ1) is 13.2. The van der Waals surface area contributed by atoms with Gasteiger partial charge in [0, 0.05) is 32.2 Å². The van der Waals surface area contributed by atoms with Crippen molar-refractivity contribution in [2.75, 3.05) is 33.3 Å². The molecule has 1 aromatic carbocycles. The van der Waals surface area contributed by atoms with Crippen molar-refractivity contribution in [3.05, 3.63) is 54.0 Å². The lowest BCUT2D eigenvalue weighted by molar-refractivity contribution is 0.0925. The van der Waals surface area contributed by atoms with Gasteiger partial charge >= 0.3 is 0 Å². The van der Waals surface area contributed by atoms with Crippen LogP contribution in [0.2, 0.25) is 0 Å². The Morgan fingerprint density at radius 3 is 2.36 bits per heavy atom. The molecule has 154 valence electrons. The normalized spacial score (nSPS) is 10.7. The molecular weight excluding hydrogens is 471 g/mol. The zero-order chi connectivity index (χ0) is 19.3. The third-order valence-electron chi connectivity index (χ3n) is 3.85. The number of guanidine groups is 1. The van der Waals surface area contributed by atoms with Gasteiger partial charge in [-0.2, -0.15) is 0 Å². The highest BCUT2D eigenvalue weighted by molar-refractivity contribution is 14.0.